The third-order valence-corrected chi connectivity index (χ3v) is 4.52. The zero-order chi connectivity index (χ0) is 14.9. The van der Waals surface area contributed by atoms with Crippen LogP contribution in [0.4, 0.5) is 0 Å². The van der Waals surface area contributed by atoms with Crippen LogP contribution in [-0.2, 0) is 6.54 Å². The van der Waals surface area contributed by atoms with Crippen molar-refractivity contribution in [3.05, 3.63) is 39.9 Å². The Labute approximate surface area is 128 Å². The van der Waals surface area contributed by atoms with Crippen molar-refractivity contribution < 1.29 is 5.11 Å². The summed E-state index contributed by atoms with van der Waals surface area (Å²) in [5, 5.41) is 11.8. The minimum atomic E-state index is -0.790. The molecular formula is C16H19ClN2O2. The Hall–Kier alpha value is -1.39. The highest BCUT2D eigenvalue weighted by atomic mass is 35.5. The van der Waals surface area contributed by atoms with Gasteiger partial charge >= 0.3 is 0 Å². The SMILES string of the molecule is O=c1c2ccc(Cl)cc2ncn1CC1(O)CCCCCC1. The van der Waals surface area contributed by atoms with Gasteiger partial charge in [0.05, 0.1) is 29.4 Å². The first-order valence-corrected chi connectivity index (χ1v) is 7.82. The minimum Gasteiger partial charge on any atom is -0.388 e. The number of benzene rings is 1. The van der Waals surface area contributed by atoms with Crippen molar-refractivity contribution in [1.29, 1.82) is 0 Å². The Morgan fingerprint density at radius 2 is 1.95 bits per heavy atom. The first-order chi connectivity index (χ1) is 10.1. The van der Waals surface area contributed by atoms with Crippen LogP contribution in [0.1, 0.15) is 38.5 Å². The van der Waals surface area contributed by atoms with Gasteiger partial charge in [0.25, 0.3) is 5.56 Å². The Morgan fingerprint density at radius 3 is 2.67 bits per heavy atom. The van der Waals surface area contributed by atoms with E-state index < -0.39 is 5.60 Å². The van der Waals surface area contributed by atoms with Crippen LogP contribution in [-0.4, -0.2) is 20.3 Å². The van der Waals surface area contributed by atoms with Gasteiger partial charge in [0.2, 0.25) is 0 Å². The molecule has 1 aliphatic carbocycles. The lowest BCUT2D eigenvalue weighted by atomic mass is 9.94. The van der Waals surface area contributed by atoms with Crippen LogP contribution in [0.5, 0.6) is 0 Å². The standard InChI is InChI=1S/C16H19ClN2O2/c17-12-5-6-13-14(9-12)18-11-19(15(13)20)10-16(21)7-3-1-2-4-8-16/h5-6,9,11,21H,1-4,7-8,10H2. The van der Waals surface area contributed by atoms with E-state index in [1.54, 1.807) is 18.2 Å². The average molecular weight is 307 g/mol. The molecule has 0 aliphatic heterocycles. The highest BCUT2D eigenvalue weighted by Gasteiger charge is 2.29. The van der Waals surface area contributed by atoms with E-state index in [2.05, 4.69) is 4.98 Å². The minimum absolute atomic E-state index is 0.116. The van der Waals surface area contributed by atoms with E-state index in [4.69, 9.17) is 11.6 Å². The van der Waals surface area contributed by atoms with Crippen molar-refractivity contribution in [2.24, 2.45) is 0 Å². The van der Waals surface area contributed by atoms with Crippen LogP contribution in [0, 0.1) is 0 Å². The van der Waals surface area contributed by atoms with Crippen LogP contribution in [0.15, 0.2) is 29.3 Å². The lowest BCUT2D eigenvalue weighted by Crippen LogP contribution is -2.37. The smallest absolute Gasteiger partial charge is 0.261 e. The van der Waals surface area contributed by atoms with E-state index in [0.29, 0.717) is 22.5 Å². The highest BCUT2D eigenvalue weighted by molar-refractivity contribution is 6.31. The molecule has 1 fully saturated rings. The molecule has 5 heteroatoms. The fourth-order valence-corrected chi connectivity index (χ4v) is 3.27. The van der Waals surface area contributed by atoms with Gasteiger partial charge in [-0.05, 0) is 31.0 Å². The van der Waals surface area contributed by atoms with Crippen LogP contribution < -0.4 is 5.56 Å². The number of rotatable bonds is 2. The maximum absolute atomic E-state index is 12.5. The van der Waals surface area contributed by atoms with E-state index in [-0.39, 0.29) is 5.56 Å². The van der Waals surface area contributed by atoms with Crippen LogP contribution in [0.3, 0.4) is 0 Å². The molecule has 4 nitrogen and oxygen atoms in total. The predicted molar refractivity (Wildman–Crippen MR) is 83.7 cm³/mol. The first-order valence-electron chi connectivity index (χ1n) is 7.45. The third-order valence-electron chi connectivity index (χ3n) is 4.29. The Kier molecular flexibility index (Phi) is 4.00. The number of hydrogen-bond donors (Lipinski definition) is 1. The number of fused-ring (bicyclic) bond motifs is 1. The first kappa shape index (κ1) is 14.5. The molecule has 0 bridgehead atoms. The summed E-state index contributed by atoms with van der Waals surface area (Å²) in [6.45, 7) is 0.317. The van der Waals surface area contributed by atoms with Gasteiger partial charge in [-0.2, -0.15) is 0 Å². The zero-order valence-electron chi connectivity index (χ0n) is 11.9. The van der Waals surface area contributed by atoms with E-state index >= 15 is 0 Å². The van der Waals surface area contributed by atoms with Gasteiger partial charge in [0.15, 0.2) is 0 Å². The molecule has 1 heterocycles. The molecule has 1 saturated carbocycles. The van der Waals surface area contributed by atoms with E-state index in [1.807, 2.05) is 0 Å². The Morgan fingerprint density at radius 1 is 1.24 bits per heavy atom. The zero-order valence-corrected chi connectivity index (χ0v) is 12.6. The van der Waals surface area contributed by atoms with Crippen LogP contribution >= 0.6 is 11.6 Å². The second-order valence-electron chi connectivity index (χ2n) is 5.98. The van der Waals surface area contributed by atoms with Gasteiger partial charge in [-0.25, -0.2) is 4.98 Å². The summed E-state index contributed by atoms with van der Waals surface area (Å²) < 4.78 is 1.53. The normalized spacial score (nSPS) is 18.6. The van der Waals surface area contributed by atoms with Crippen molar-refractivity contribution >= 4 is 22.5 Å². The topological polar surface area (TPSA) is 55.1 Å². The maximum Gasteiger partial charge on any atom is 0.261 e. The molecule has 2 aromatic rings. The molecule has 0 spiro atoms. The monoisotopic (exact) mass is 306 g/mol. The van der Waals surface area contributed by atoms with E-state index in [9.17, 15) is 9.90 Å². The summed E-state index contributed by atoms with van der Waals surface area (Å²) in [6.07, 6.45) is 7.36. The van der Waals surface area contributed by atoms with Gasteiger partial charge in [0, 0.05) is 5.02 Å². The Bertz CT molecular complexity index is 703. The molecule has 0 saturated heterocycles. The summed E-state index contributed by atoms with van der Waals surface area (Å²) in [7, 11) is 0. The number of aromatic nitrogens is 2. The second-order valence-corrected chi connectivity index (χ2v) is 6.41. The fraction of sp³-hybridized carbons (Fsp3) is 0.500. The average Bonchev–Trinajstić information content (AvgIpc) is 2.67. The van der Waals surface area contributed by atoms with Crippen molar-refractivity contribution in [3.63, 3.8) is 0 Å². The molecular weight excluding hydrogens is 288 g/mol. The van der Waals surface area contributed by atoms with Gasteiger partial charge < -0.3 is 5.11 Å². The molecule has 0 atom stereocenters. The van der Waals surface area contributed by atoms with Gasteiger partial charge in [0.1, 0.15) is 0 Å². The predicted octanol–water partition coefficient (Wildman–Crippen LogP) is 3.14. The van der Waals surface area contributed by atoms with Crippen LogP contribution in [0.2, 0.25) is 5.02 Å². The summed E-state index contributed by atoms with van der Waals surface area (Å²) in [5.74, 6) is 0. The summed E-state index contributed by atoms with van der Waals surface area (Å²) in [4.78, 5) is 16.8. The van der Waals surface area contributed by atoms with Crippen molar-refractivity contribution in [1.82, 2.24) is 9.55 Å². The molecule has 0 unspecified atom stereocenters. The molecule has 0 radical (unpaired) electrons. The molecule has 1 aromatic heterocycles. The molecule has 1 aliphatic rings. The fourth-order valence-electron chi connectivity index (χ4n) is 3.11. The van der Waals surface area contributed by atoms with Gasteiger partial charge in [-0.1, -0.05) is 37.3 Å². The quantitative estimate of drug-likeness (QED) is 0.867. The molecule has 1 aromatic carbocycles. The lowest BCUT2D eigenvalue weighted by molar-refractivity contribution is 0.00706. The lowest BCUT2D eigenvalue weighted by Gasteiger charge is -2.27. The van der Waals surface area contributed by atoms with Gasteiger partial charge in [-0.15, -0.1) is 0 Å². The van der Waals surface area contributed by atoms with E-state index in [1.165, 1.54) is 10.9 Å². The number of hydrogen-bond acceptors (Lipinski definition) is 3. The largest absolute Gasteiger partial charge is 0.388 e. The maximum atomic E-state index is 12.5. The summed E-state index contributed by atoms with van der Waals surface area (Å²) in [5.41, 5.74) is -0.312. The second kappa shape index (κ2) is 5.78. The summed E-state index contributed by atoms with van der Waals surface area (Å²) >= 11 is 5.92. The Balaban J connectivity index is 1.95. The van der Waals surface area contributed by atoms with Gasteiger partial charge in [-0.3, -0.25) is 9.36 Å². The highest BCUT2D eigenvalue weighted by Crippen LogP contribution is 2.28. The van der Waals surface area contributed by atoms with Crippen LogP contribution in [0.25, 0.3) is 10.9 Å². The van der Waals surface area contributed by atoms with E-state index in [0.717, 1.165) is 38.5 Å². The molecule has 21 heavy (non-hydrogen) atoms. The molecule has 112 valence electrons. The number of halogens is 1. The van der Waals surface area contributed by atoms with Crippen molar-refractivity contribution in [3.8, 4) is 0 Å². The summed E-state index contributed by atoms with van der Waals surface area (Å²) in [6, 6.07) is 5.07. The third kappa shape index (κ3) is 3.11. The van der Waals surface area contributed by atoms with Crippen molar-refractivity contribution in [2.45, 2.75) is 50.7 Å². The molecule has 0 amide bonds. The number of aliphatic hydroxyl groups is 1. The number of nitrogens with zero attached hydrogens (tertiary/aromatic N) is 2. The van der Waals surface area contributed by atoms with Crippen molar-refractivity contribution in [2.75, 3.05) is 0 Å². The molecule has 3 rings (SSSR count). The molecule has 1 N–H and O–H groups in total.